The fourth-order valence-electron chi connectivity index (χ4n) is 1.86. The second kappa shape index (κ2) is 11.1. The number of hydrogen-bond acceptors (Lipinski definition) is 6. The molecule has 0 aliphatic carbocycles. The van der Waals surface area contributed by atoms with Crippen LogP contribution in [-0.2, 0) is 23.8 Å². The van der Waals surface area contributed by atoms with E-state index < -0.39 is 58.8 Å². The molecular weight excluding hydrogens is 407 g/mol. The smallest absolute Gasteiger partial charge is 0.313 e. The van der Waals surface area contributed by atoms with Crippen LogP contribution in [0.5, 0.6) is 5.75 Å². The maximum Gasteiger partial charge on any atom is 0.313 e. The largest absolute Gasteiger partial charge is 0.460 e. The maximum atomic E-state index is 13.4. The summed E-state index contributed by atoms with van der Waals surface area (Å²) in [7, 11) is 0. The molecule has 6 nitrogen and oxygen atoms in total. The molecule has 0 aliphatic rings. The predicted molar refractivity (Wildman–Crippen MR) is 88.6 cm³/mol. The number of ether oxygens (including phenoxy) is 4. The topological polar surface area (TPSA) is 71.1 Å². The molecule has 0 bridgehead atoms. The van der Waals surface area contributed by atoms with Gasteiger partial charge in [0.25, 0.3) is 0 Å². The first-order chi connectivity index (χ1) is 13.4. The summed E-state index contributed by atoms with van der Waals surface area (Å²) in [5.74, 6) is -14.6. The molecule has 0 atom stereocenters. The van der Waals surface area contributed by atoms with Crippen LogP contribution in [0.2, 0.25) is 0 Å². The van der Waals surface area contributed by atoms with Crippen LogP contribution in [-0.4, -0.2) is 44.0 Å². The SMILES string of the molecule is CC(C)(C)OC(=O)CCOCCOCCC(=O)Oc1c(F)c(F)c(F)c(F)c1F. The van der Waals surface area contributed by atoms with Crippen molar-refractivity contribution < 1.29 is 50.5 Å². The van der Waals surface area contributed by atoms with E-state index in [2.05, 4.69) is 4.74 Å². The van der Waals surface area contributed by atoms with Gasteiger partial charge in [0.15, 0.2) is 0 Å². The zero-order chi connectivity index (χ0) is 22.2. The minimum Gasteiger partial charge on any atom is -0.460 e. The summed E-state index contributed by atoms with van der Waals surface area (Å²) in [6.07, 6.45) is -0.455. The molecule has 0 heterocycles. The highest BCUT2D eigenvalue weighted by Crippen LogP contribution is 2.29. The molecular formula is C18H21F5O6. The van der Waals surface area contributed by atoms with Crippen LogP contribution in [0.1, 0.15) is 33.6 Å². The van der Waals surface area contributed by atoms with E-state index in [-0.39, 0.29) is 32.8 Å². The molecule has 0 fully saturated rings. The Bertz CT molecular complexity index is 703. The van der Waals surface area contributed by atoms with Gasteiger partial charge in [-0.25, -0.2) is 13.2 Å². The summed E-state index contributed by atoms with van der Waals surface area (Å²) >= 11 is 0. The summed E-state index contributed by atoms with van der Waals surface area (Å²) in [6, 6.07) is 0. The zero-order valence-corrected chi connectivity index (χ0v) is 16.1. The molecule has 1 rings (SSSR count). The summed E-state index contributed by atoms with van der Waals surface area (Å²) in [5.41, 5.74) is -0.591. The number of benzene rings is 1. The molecule has 0 unspecified atom stereocenters. The van der Waals surface area contributed by atoms with Gasteiger partial charge in [-0.3, -0.25) is 9.59 Å². The van der Waals surface area contributed by atoms with Gasteiger partial charge in [0.05, 0.1) is 39.3 Å². The minimum absolute atomic E-state index is 0.0319. The molecule has 0 spiro atoms. The van der Waals surface area contributed by atoms with Crippen LogP contribution in [0.4, 0.5) is 22.0 Å². The van der Waals surface area contributed by atoms with E-state index >= 15 is 0 Å². The Balaban J connectivity index is 2.25. The van der Waals surface area contributed by atoms with Crippen molar-refractivity contribution in [1.29, 1.82) is 0 Å². The van der Waals surface area contributed by atoms with Gasteiger partial charge in [0, 0.05) is 0 Å². The maximum absolute atomic E-state index is 13.4. The summed E-state index contributed by atoms with van der Waals surface area (Å²) < 4.78 is 85.2. The van der Waals surface area contributed by atoms with Crippen LogP contribution < -0.4 is 4.74 Å². The molecule has 0 saturated heterocycles. The normalized spacial score (nSPS) is 11.4. The zero-order valence-electron chi connectivity index (χ0n) is 16.1. The quantitative estimate of drug-likeness (QED) is 0.142. The highest BCUT2D eigenvalue weighted by Gasteiger charge is 2.28. The molecule has 0 radical (unpaired) electrons. The Hall–Kier alpha value is -2.27. The first-order valence-electron chi connectivity index (χ1n) is 8.53. The lowest BCUT2D eigenvalue weighted by Crippen LogP contribution is -2.24. The van der Waals surface area contributed by atoms with Crippen molar-refractivity contribution in [2.45, 2.75) is 39.2 Å². The Labute approximate surface area is 163 Å². The summed E-state index contributed by atoms with van der Waals surface area (Å²) in [5, 5.41) is 0. The molecule has 0 amide bonds. The minimum atomic E-state index is -2.35. The number of esters is 2. The molecule has 0 aliphatic heterocycles. The van der Waals surface area contributed by atoms with Crippen molar-refractivity contribution in [3.05, 3.63) is 29.1 Å². The summed E-state index contributed by atoms with van der Waals surface area (Å²) in [6.45, 7) is 5.17. The molecule has 29 heavy (non-hydrogen) atoms. The highest BCUT2D eigenvalue weighted by atomic mass is 19.2. The van der Waals surface area contributed by atoms with E-state index in [1.54, 1.807) is 20.8 Å². The van der Waals surface area contributed by atoms with Gasteiger partial charge in [0.1, 0.15) is 5.60 Å². The monoisotopic (exact) mass is 428 g/mol. The third-order valence-corrected chi connectivity index (χ3v) is 3.08. The third-order valence-electron chi connectivity index (χ3n) is 3.08. The first kappa shape index (κ1) is 24.8. The molecule has 11 heteroatoms. The Morgan fingerprint density at radius 2 is 1.10 bits per heavy atom. The lowest BCUT2D eigenvalue weighted by Gasteiger charge is -2.19. The van der Waals surface area contributed by atoms with E-state index in [0.717, 1.165) is 0 Å². The van der Waals surface area contributed by atoms with Crippen molar-refractivity contribution in [2.75, 3.05) is 26.4 Å². The number of halogens is 5. The van der Waals surface area contributed by atoms with Crippen molar-refractivity contribution in [1.82, 2.24) is 0 Å². The van der Waals surface area contributed by atoms with E-state index in [1.807, 2.05) is 0 Å². The van der Waals surface area contributed by atoms with Gasteiger partial charge in [-0.15, -0.1) is 0 Å². The van der Waals surface area contributed by atoms with Gasteiger partial charge in [-0.2, -0.15) is 8.78 Å². The second-order valence-electron chi connectivity index (χ2n) is 6.68. The van der Waals surface area contributed by atoms with Crippen LogP contribution in [0, 0.1) is 29.1 Å². The summed E-state index contributed by atoms with van der Waals surface area (Å²) in [4.78, 5) is 22.9. The standard InChI is InChI=1S/C18H21F5O6/c1-18(2,3)29-11(25)5-7-27-9-8-26-6-4-10(24)28-17-15(22)13(20)12(19)14(21)16(17)23/h4-9H2,1-3H3. The Morgan fingerprint density at radius 1 is 0.690 bits per heavy atom. The van der Waals surface area contributed by atoms with Crippen LogP contribution >= 0.6 is 0 Å². The van der Waals surface area contributed by atoms with Gasteiger partial charge >= 0.3 is 11.9 Å². The number of carbonyl (C=O) groups excluding carboxylic acids is 2. The molecule has 0 aromatic heterocycles. The van der Waals surface area contributed by atoms with Gasteiger partial charge in [-0.1, -0.05) is 0 Å². The van der Waals surface area contributed by atoms with Crippen LogP contribution in [0.15, 0.2) is 0 Å². The van der Waals surface area contributed by atoms with Crippen molar-refractivity contribution in [3.8, 4) is 5.75 Å². The molecule has 0 saturated carbocycles. The van der Waals surface area contributed by atoms with E-state index in [0.29, 0.717) is 0 Å². The molecule has 0 N–H and O–H groups in total. The van der Waals surface area contributed by atoms with Crippen LogP contribution in [0.25, 0.3) is 0 Å². The molecule has 1 aromatic rings. The second-order valence-corrected chi connectivity index (χ2v) is 6.68. The fourth-order valence-corrected chi connectivity index (χ4v) is 1.86. The Kier molecular flexibility index (Phi) is 9.44. The molecule has 164 valence electrons. The van der Waals surface area contributed by atoms with E-state index in [9.17, 15) is 31.5 Å². The number of hydrogen-bond donors (Lipinski definition) is 0. The molecule has 1 aromatic carbocycles. The predicted octanol–water partition coefficient (Wildman–Crippen LogP) is 3.44. The van der Waals surface area contributed by atoms with Gasteiger partial charge in [-0.05, 0) is 20.8 Å². The van der Waals surface area contributed by atoms with E-state index in [4.69, 9.17) is 14.2 Å². The van der Waals surface area contributed by atoms with Crippen molar-refractivity contribution >= 4 is 11.9 Å². The van der Waals surface area contributed by atoms with Crippen molar-refractivity contribution in [2.24, 2.45) is 0 Å². The third kappa shape index (κ3) is 8.32. The lowest BCUT2D eigenvalue weighted by molar-refractivity contribution is -0.156. The van der Waals surface area contributed by atoms with Gasteiger partial charge < -0.3 is 18.9 Å². The van der Waals surface area contributed by atoms with Crippen molar-refractivity contribution in [3.63, 3.8) is 0 Å². The Morgan fingerprint density at radius 3 is 1.55 bits per heavy atom. The first-order valence-corrected chi connectivity index (χ1v) is 8.53. The highest BCUT2D eigenvalue weighted by molar-refractivity contribution is 5.72. The van der Waals surface area contributed by atoms with E-state index in [1.165, 1.54) is 0 Å². The number of carbonyl (C=O) groups is 2. The van der Waals surface area contributed by atoms with Crippen LogP contribution in [0.3, 0.4) is 0 Å². The van der Waals surface area contributed by atoms with Gasteiger partial charge in [0.2, 0.25) is 34.8 Å². The average Bonchev–Trinajstić information content (AvgIpc) is 2.62. The lowest BCUT2D eigenvalue weighted by atomic mass is 10.2. The average molecular weight is 428 g/mol. The fraction of sp³-hybridized carbons (Fsp3) is 0.556. The number of rotatable bonds is 10.